The van der Waals surface area contributed by atoms with Gasteiger partial charge in [-0.3, -0.25) is 14.9 Å². The van der Waals surface area contributed by atoms with Gasteiger partial charge in [0.05, 0.1) is 5.41 Å². The minimum atomic E-state index is -0.793. The van der Waals surface area contributed by atoms with Crippen molar-refractivity contribution < 1.29 is 14.4 Å². The van der Waals surface area contributed by atoms with Crippen LogP contribution in [-0.4, -0.2) is 18.1 Å². The van der Waals surface area contributed by atoms with E-state index in [9.17, 15) is 14.4 Å². The van der Waals surface area contributed by atoms with Crippen molar-refractivity contribution in [2.24, 2.45) is 5.41 Å². The second kappa shape index (κ2) is 2.45. The summed E-state index contributed by atoms with van der Waals surface area (Å²) in [4.78, 5) is 31.8. The second-order valence-corrected chi connectivity index (χ2v) is 2.99. The lowest BCUT2D eigenvalue weighted by molar-refractivity contribution is -0.129. The van der Waals surface area contributed by atoms with Gasteiger partial charge in [-0.15, -0.1) is 0 Å². The summed E-state index contributed by atoms with van der Waals surface area (Å²) in [6, 6.07) is 0. The minimum Gasteiger partial charge on any atom is -0.303 e. The van der Waals surface area contributed by atoms with Gasteiger partial charge in [0, 0.05) is 12.8 Å². The van der Waals surface area contributed by atoms with Crippen LogP contribution in [0.15, 0.2) is 0 Å². The van der Waals surface area contributed by atoms with Crippen molar-refractivity contribution in [3.63, 3.8) is 0 Å². The zero-order valence-corrected chi connectivity index (χ0v) is 6.22. The molecule has 11 heavy (non-hydrogen) atoms. The number of aldehydes is 1. The molecule has 1 unspecified atom stereocenters. The van der Waals surface area contributed by atoms with Crippen LogP contribution < -0.4 is 5.32 Å². The summed E-state index contributed by atoms with van der Waals surface area (Å²) in [5, 5.41) is 2.16. The molecule has 1 aliphatic heterocycles. The van der Waals surface area contributed by atoms with Gasteiger partial charge in [0.1, 0.15) is 6.29 Å². The molecule has 4 nitrogen and oxygen atoms in total. The molecule has 1 fully saturated rings. The van der Waals surface area contributed by atoms with Gasteiger partial charge in [-0.2, -0.15) is 0 Å². The molecular weight excluding hydrogens is 146 g/mol. The van der Waals surface area contributed by atoms with E-state index in [1.807, 2.05) is 0 Å². The molecule has 0 aromatic heterocycles. The summed E-state index contributed by atoms with van der Waals surface area (Å²) in [6.07, 6.45) is 0.910. The Hall–Kier alpha value is -1.19. The highest BCUT2D eigenvalue weighted by atomic mass is 16.2. The molecule has 60 valence electrons. The maximum absolute atomic E-state index is 11.0. The largest absolute Gasteiger partial charge is 0.303 e. The Bertz CT molecular complexity index is 224. The van der Waals surface area contributed by atoms with Crippen LogP contribution in [0.5, 0.6) is 0 Å². The lowest BCUT2D eigenvalue weighted by atomic mass is 9.86. The molecule has 0 spiro atoms. The number of imide groups is 1. The van der Waals surface area contributed by atoms with Crippen LogP contribution >= 0.6 is 0 Å². The van der Waals surface area contributed by atoms with Crippen LogP contribution in [0.25, 0.3) is 0 Å². The monoisotopic (exact) mass is 155 g/mol. The van der Waals surface area contributed by atoms with E-state index < -0.39 is 5.41 Å². The normalized spacial score (nSPS) is 30.3. The van der Waals surface area contributed by atoms with Gasteiger partial charge >= 0.3 is 0 Å². The smallest absolute Gasteiger partial charge is 0.233 e. The Balaban J connectivity index is 2.78. The van der Waals surface area contributed by atoms with Crippen molar-refractivity contribution in [3.05, 3.63) is 0 Å². The summed E-state index contributed by atoms with van der Waals surface area (Å²) >= 11 is 0. The SMILES string of the molecule is CC1(CC=O)CC(=O)NC1=O. The molecule has 1 rings (SSSR count). The molecule has 1 N–H and O–H groups in total. The molecule has 0 aromatic rings. The summed E-state index contributed by atoms with van der Waals surface area (Å²) in [6.45, 7) is 1.61. The van der Waals surface area contributed by atoms with Crippen LogP contribution in [0.3, 0.4) is 0 Å². The topological polar surface area (TPSA) is 63.2 Å². The lowest BCUT2D eigenvalue weighted by Gasteiger charge is -2.14. The van der Waals surface area contributed by atoms with Gasteiger partial charge in [0.25, 0.3) is 0 Å². The number of hydrogen-bond acceptors (Lipinski definition) is 3. The number of carbonyl (C=O) groups is 3. The Morgan fingerprint density at radius 1 is 1.64 bits per heavy atom. The van der Waals surface area contributed by atoms with Crippen molar-refractivity contribution in [1.82, 2.24) is 5.32 Å². The van der Waals surface area contributed by atoms with Gasteiger partial charge in [0.2, 0.25) is 11.8 Å². The van der Waals surface area contributed by atoms with Gasteiger partial charge in [-0.05, 0) is 6.92 Å². The molecule has 2 amide bonds. The molecule has 1 heterocycles. The van der Waals surface area contributed by atoms with Crippen LogP contribution in [0.1, 0.15) is 19.8 Å². The van der Waals surface area contributed by atoms with Crippen molar-refractivity contribution in [2.45, 2.75) is 19.8 Å². The zero-order valence-electron chi connectivity index (χ0n) is 6.22. The zero-order chi connectivity index (χ0) is 8.48. The Morgan fingerprint density at radius 2 is 2.27 bits per heavy atom. The van der Waals surface area contributed by atoms with Gasteiger partial charge < -0.3 is 4.79 Å². The molecule has 1 saturated heterocycles. The predicted octanol–water partition coefficient (Wildman–Crippen LogP) is -0.372. The van der Waals surface area contributed by atoms with Crippen molar-refractivity contribution in [2.75, 3.05) is 0 Å². The molecule has 0 saturated carbocycles. The van der Waals surface area contributed by atoms with Crippen LogP contribution in [0.2, 0.25) is 0 Å². The van der Waals surface area contributed by atoms with Crippen molar-refractivity contribution >= 4 is 18.1 Å². The molecule has 1 aliphatic rings. The summed E-state index contributed by atoms with van der Waals surface area (Å²) in [5.74, 6) is -0.631. The first-order chi connectivity index (χ1) is 5.08. The number of amides is 2. The van der Waals surface area contributed by atoms with E-state index in [2.05, 4.69) is 5.32 Å². The number of hydrogen-bond donors (Lipinski definition) is 1. The molecule has 0 radical (unpaired) electrons. The van der Waals surface area contributed by atoms with E-state index in [-0.39, 0.29) is 24.7 Å². The standard InChI is InChI=1S/C7H9NO3/c1-7(2-3-9)4-5(10)8-6(7)11/h3H,2,4H2,1H3,(H,8,10,11). The lowest BCUT2D eigenvalue weighted by Crippen LogP contribution is -2.29. The first-order valence-electron chi connectivity index (χ1n) is 3.36. The highest BCUT2D eigenvalue weighted by Crippen LogP contribution is 2.29. The first-order valence-corrected chi connectivity index (χ1v) is 3.36. The Labute approximate surface area is 64.0 Å². The molecule has 0 aromatic carbocycles. The fourth-order valence-corrected chi connectivity index (χ4v) is 1.11. The maximum atomic E-state index is 11.0. The first kappa shape index (κ1) is 7.91. The number of carbonyl (C=O) groups excluding carboxylic acids is 3. The summed E-state index contributed by atoms with van der Waals surface area (Å²) in [5.41, 5.74) is -0.793. The van der Waals surface area contributed by atoms with E-state index >= 15 is 0 Å². The van der Waals surface area contributed by atoms with E-state index in [0.29, 0.717) is 6.29 Å². The Kier molecular flexibility index (Phi) is 1.76. The van der Waals surface area contributed by atoms with Crippen molar-refractivity contribution in [3.8, 4) is 0 Å². The maximum Gasteiger partial charge on any atom is 0.233 e. The van der Waals surface area contributed by atoms with Gasteiger partial charge in [-0.25, -0.2) is 0 Å². The fourth-order valence-electron chi connectivity index (χ4n) is 1.11. The average molecular weight is 155 g/mol. The Morgan fingerprint density at radius 3 is 2.64 bits per heavy atom. The van der Waals surface area contributed by atoms with Crippen molar-refractivity contribution in [1.29, 1.82) is 0 Å². The number of nitrogens with one attached hydrogen (secondary N) is 1. The fraction of sp³-hybridized carbons (Fsp3) is 0.571. The molecular formula is C7H9NO3. The molecule has 0 aliphatic carbocycles. The predicted molar refractivity (Wildman–Crippen MR) is 36.6 cm³/mol. The van der Waals surface area contributed by atoms with Gasteiger partial charge in [-0.1, -0.05) is 0 Å². The third-order valence-corrected chi connectivity index (χ3v) is 1.89. The van der Waals surface area contributed by atoms with Crippen LogP contribution in [-0.2, 0) is 14.4 Å². The molecule has 1 atom stereocenters. The van der Waals surface area contributed by atoms with Gasteiger partial charge in [0.15, 0.2) is 0 Å². The third kappa shape index (κ3) is 1.29. The second-order valence-electron chi connectivity index (χ2n) is 2.99. The van der Waals surface area contributed by atoms with E-state index in [4.69, 9.17) is 0 Å². The quantitative estimate of drug-likeness (QED) is 0.437. The van der Waals surface area contributed by atoms with Crippen LogP contribution in [0.4, 0.5) is 0 Å². The summed E-state index contributed by atoms with van der Waals surface area (Å²) in [7, 11) is 0. The molecule has 4 heteroatoms. The minimum absolute atomic E-state index is 0.116. The van der Waals surface area contributed by atoms with E-state index in [1.54, 1.807) is 6.92 Å². The molecule has 0 bridgehead atoms. The third-order valence-electron chi connectivity index (χ3n) is 1.89. The van der Waals surface area contributed by atoms with E-state index in [1.165, 1.54) is 0 Å². The summed E-state index contributed by atoms with van der Waals surface area (Å²) < 4.78 is 0. The average Bonchev–Trinajstić information content (AvgIpc) is 2.08. The number of rotatable bonds is 2. The highest BCUT2D eigenvalue weighted by Gasteiger charge is 2.41. The van der Waals surface area contributed by atoms with E-state index in [0.717, 1.165) is 0 Å². The highest BCUT2D eigenvalue weighted by molar-refractivity contribution is 6.06. The van der Waals surface area contributed by atoms with Crippen LogP contribution in [0, 0.1) is 5.41 Å².